The first-order valence-electron chi connectivity index (χ1n) is 15.6. The van der Waals surface area contributed by atoms with Gasteiger partial charge in [-0.1, -0.05) is 11.6 Å². The molecule has 2 saturated heterocycles. The molecule has 5 N–H and O–H groups in total. The molecule has 2 aliphatic heterocycles. The maximum absolute atomic E-state index is 13.8. The lowest BCUT2D eigenvalue weighted by Crippen LogP contribution is -2.50. The SMILES string of the molecule is Cn1c(-c2cn([C@H]3CC3(F)F)nc2C(F)(F)F)cnc1C(=O)Nc1ccc(C(=O)N[C@H]2[C@@H]3CN(C(=O)N[C@@H]4CN(C(=O)O)C[C@H]4O)C[C@@H]32)c(Cl)c1. The van der Waals surface area contributed by atoms with Gasteiger partial charge in [-0.15, -0.1) is 0 Å². The lowest BCUT2D eigenvalue weighted by Gasteiger charge is -2.24. The number of nitrogens with one attached hydrogen (secondary N) is 3. The number of carbonyl (C=O) groups excluding carboxylic acids is 3. The van der Waals surface area contributed by atoms with E-state index >= 15 is 0 Å². The Hall–Kier alpha value is -4.98. The molecule has 2 aliphatic carbocycles. The number of aliphatic hydroxyl groups is 1. The number of nitrogens with zero attached hydrogens (tertiary/aromatic N) is 6. The van der Waals surface area contributed by atoms with Gasteiger partial charge >= 0.3 is 18.3 Å². The number of piperidine rings is 1. The number of β-amino-alcohol motifs (C(OH)–C–C–N with tert-alkyl or cyclic N) is 1. The van der Waals surface area contributed by atoms with Gasteiger partial charge in [-0.3, -0.25) is 14.3 Å². The summed E-state index contributed by atoms with van der Waals surface area (Å²) in [6.45, 7) is 0.564. The molecule has 272 valence electrons. The van der Waals surface area contributed by atoms with E-state index in [1.54, 1.807) is 4.90 Å². The number of halogens is 6. The van der Waals surface area contributed by atoms with Crippen LogP contribution in [0.2, 0.25) is 5.02 Å². The van der Waals surface area contributed by atoms with Crippen LogP contribution in [0.1, 0.15) is 39.1 Å². The number of urea groups is 1. The van der Waals surface area contributed by atoms with Crippen molar-refractivity contribution in [2.24, 2.45) is 18.9 Å². The van der Waals surface area contributed by atoms with Crippen LogP contribution in [0.4, 0.5) is 37.2 Å². The number of hydrogen-bond donors (Lipinski definition) is 5. The molecular formula is C30H29ClF5N9O6. The number of carbonyl (C=O) groups is 4. The minimum atomic E-state index is -4.97. The Balaban J connectivity index is 0.944. The van der Waals surface area contributed by atoms with E-state index in [2.05, 4.69) is 26.0 Å². The first-order chi connectivity index (χ1) is 23.9. The number of likely N-dealkylation sites (tertiary alicyclic amines) is 2. The zero-order valence-corrected chi connectivity index (χ0v) is 27.1. The van der Waals surface area contributed by atoms with Crippen molar-refractivity contribution in [2.45, 2.75) is 42.7 Å². The highest BCUT2D eigenvalue weighted by Gasteiger charge is 2.60. The highest BCUT2D eigenvalue weighted by atomic mass is 35.5. The number of rotatable bonds is 7. The second kappa shape index (κ2) is 12.1. The number of fused-ring (bicyclic) bond motifs is 1. The molecule has 6 atom stereocenters. The number of benzene rings is 1. The van der Waals surface area contributed by atoms with Crippen molar-refractivity contribution in [2.75, 3.05) is 31.5 Å². The van der Waals surface area contributed by atoms with Crippen LogP contribution in [0.3, 0.4) is 0 Å². The molecule has 0 radical (unpaired) electrons. The predicted octanol–water partition coefficient (Wildman–Crippen LogP) is 2.88. The van der Waals surface area contributed by atoms with E-state index in [0.29, 0.717) is 17.8 Å². The van der Waals surface area contributed by atoms with Gasteiger partial charge in [0.25, 0.3) is 17.7 Å². The van der Waals surface area contributed by atoms with Gasteiger partial charge in [-0.05, 0) is 18.2 Å². The fourth-order valence-electron chi connectivity index (χ4n) is 6.74. The van der Waals surface area contributed by atoms with Gasteiger partial charge in [0.1, 0.15) is 6.04 Å². The Kier molecular flexibility index (Phi) is 8.16. The van der Waals surface area contributed by atoms with Crippen molar-refractivity contribution < 1.29 is 51.3 Å². The summed E-state index contributed by atoms with van der Waals surface area (Å²) in [6.07, 6.45) is -5.95. The van der Waals surface area contributed by atoms with Crippen LogP contribution in [0.15, 0.2) is 30.6 Å². The molecule has 15 nitrogen and oxygen atoms in total. The lowest BCUT2D eigenvalue weighted by molar-refractivity contribution is -0.141. The molecule has 0 spiro atoms. The summed E-state index contributed by atoms with van der Waals surface area (Å²) in [4.78, 5) is 56.4. The zero-order valence-electron chi connectivity index (χ0n) is 26.4. The van der Waals surface area contributed by atoms with Crippen LogP contribution in [-0.2, 0) is 13.2 Å². The normalized spacial score (nSPS) is 26.1. The molecular weight excluding hydrogens is 713 g/mol. The molecule has 4 heterocycles. The van der Waals surface area contributed by atoms with E-state index < -0.39 is 71.9 Å². The number of imidazole rings is 1. The van der Waals surface area contributed by atoms with Gasteiger partial charge in [0.15, 0.2) is 11.5 Å². The Morgan fingerprint density at radius 2 is 1.71 bits per heavy atom. The number of hydrogen-bond acceptors (Lipinski definition) is 7. The Bertz CT molecular complexity index is 1940. The highest BCUT2D eigenvalue weighted by Crippen LogP contribution is 2.53. The van der Waals surface area contributed by atoms with Crippen LogP contribution >= 0.6 is 11.6 Å². The summed E-state index contributed by atoms with van der Waals surface area (Å²) in [5, 5.41) is 30.6. The van der Waals surface area contributed by atoms with Gasteiger partial charge in [-0.2, -0.15) is 18.3 Å². The molecule has 4 fully saturated rings. The molecule has 2 saturated carbocycles. The standard InChI is InChI=1S/C30H29ClF5N9O6/c1-42-19(16-9-45(21-5-29(21,32)33)41-23(16)30(34,35)36)6-37-24(42)26(48)38-12-2-3-13(17(31)4-12)25(47)40-22-14-7-43(8-15(14)22)27(49)39-18-10-44(28(50)51)11-20(18)46/h2-4,6,9,14-15,18,20-22,46H,5,7-8,10-11H2,1H3,(H,38,48)(H,39,49)(H,40,47)(H,50,51)/t14-,15+,18-,20-,21+,22+/m1/s1. The molecule has 0 unspecified atom stereocenters. The number of carboxylic acid groups (broad SMARTS) is 1. The smallest absolute Gasteiger partial charge is 0.435 e. The Labute approximate surface area is 289 Å². The topological polar surface area (TPSA) is 187 Å². The molecule has 0 bridgehead atoms. The number of aromatic nitrogens is 4. The first-order valence-corrected chi connectivity index (χ1v) is 16.0. The minimum absolute atomic E-state index is 0.0118. The quantitative estimate of drug-likeness (QED) is 0.229. The monoisotopic (exact) mass is 741 g/mol. The fourth-order valence-corrected chi connectivity index (χ4v) is 7.01. The Morgan fingerprint density at radius 1 is 1.02 bits per heavy atom. The van der Waals surface area contributed by atoms with E-state index in [1.807, 2.05) is 0 Å². The molecule has 7 rings (SSSR count). The van der Waals surface area contributed by atoms with Crippen LogP contribution in [0.25, 0.3) is 11.3 Å². The number of amides is 5. The third kappa shape index (κ3) is 6.41. The average Bonchev–Trinajstić information content (AvgIpc) is 3.50. The van der Waals surface area contributed by atoms with Crippen LogP contribution in [0.5, 0.6) is 0 Å². The third-order valence-electron chi connectivity index (χ3n) is 9.70. The average molecular weight is 742 g/mol. The molecule has 2 aromatic heterocycles. The number of aliphatic hydroxyl groups excluding tert-OH is 1. The maximum Gasteiger partial charge on any atom is 0.435 e. The van der Waals surface area contributed by atoms with Gasteiger partial charge in [-0.25, -0.2) is 23.4 Å². The van der Waals surface area contributed by atoms with Crippen molar-refractivity contribution in [3.63, 3.8) is 0 Å². The Morgan fingerprint density at radius 3 is 2.29 bits per heavy atom. The van der Waals surface area contributed by atoms with Crippen LogP contribution < -0.4 is 16.0 Å². The number of alkyl halides is 5. The van der Waals surface area contributed by atoms with Crippen LogP contribution in [-0.4, -0.2) is 114 Å². The zero-order chi connectivity index (χ0) is 36.7. The minimum Gasteiger partial charge on any atom is -0.465 e. The van der Waals surface area contributed by atoms with Gasteiger partial charge in [0.2, 0.25) is 0 Å². The maximum atomic E-state index is 13.8. The third-order valence-corrected chi connectivity index (χ3v) is 10.0. The van der Waals surface area contributed by atoms with Crippen molar-refractivity contribution in [3.8, 4) is 11.3 Å². The van der Waals surface area contributed by atoms with E-state index in [9.17, 15) is 46.2 Å². The summed E-state index contributed by atoms with van der Waals surface area (Å²) in [6, 6.07) is 1.19. The summed E-state index contributed by atoms with van der Waals surface area (Å²) < 4.78 is 70.1. The van der Waals surface area contributed by atoms with Crippen molar-refractivity contribution in [1.29, 1.82) is 0 Å². The first kappa shape index (κ1) is 34.5. The van der Waals surface area contributed by atoms with E-state index in [0.717, 1.165) is 21.9 Å². The number of anilines is 1. The summed E-state index contributed by atoms with van der Waals surface area (Å²) in [7, 11) is 1.29. The lowest BCUT2D eigenvalue weighted by atomic mass is 10.2. The van der Waals surface area contributed by atoms with Gasteiger partial charge < -0.3 is 40.5 Å². The summed E-state index contributed by atoms with van der Waals surface area (Å²) in [5.41, 5.74) is -1.85. The highest BCUT2D eigenvalue weighted by molar-refractivity contribution is 6.34. The molecule has 3 aromatic rings. The largest absolute Gasteiger partial charge is 0.465 e. The molecule has 21 heteroatoms. The predicted molar refractivity (Wildman–Crippen MR) is 165 cm³/mol. The molecule has 1 aromatic carbocycles. The summed E-state index contributed by atoms with van der Waals surface area (Å²) >= 11 is 6.37. The van der Waals surface area contributed by atoms with Gasteiger partial charge in [0.05, 0.1) is 46.7 Å². The second-order valence-electron chi connectivity index (χ2n) is 13.1. The van der Waals surface area contributed by atoms with Crippen molar-refractivity contribution in [3.05, 3.63) is 52.7 Å². The molecule has 4 aliphatic rings. The van der Waals surface area contributed by atoms with Crippen molar-refractivity contribution in [1.82, 2.24) is 39.8 Å². The van der Waals surface area contributed by atoms with Crippen molar-refractivity contribution >= 4 is 41.2 Å². The molecule has 51 heavy (non-hydrogen) atoms. The van der Waals surface area contributed by atoms with E-state index in [4.69, 9.17) is 16.7 Å². The molecule has 5 amide bonds. The van der Waals surface area contributed by atoms with Crippen LogP contribution in [0, 0.1) is 11.8 Å². The van der Waals surface area contributed by atoms with E-state index in [1.165, 1.54) is 25.2 Å². The fraction of sp³-hybridized carbons (Fsp3) is 0.467. The van der Waals surface area contributed by atoms with Gasteiger partial charge in [0, 0.05) is 62.9 Å². The summed E-state index contributed by atoms with van der Waals surface area (Å²) in [5.74, 6) is -4.81. The van der Waals surface area contributed by atoms with E-state index in [-0.39, 0.29) is 58.8 Å². The second-order valence-corrected chi connectivity index (χ2v) is 13.5.